The molecule has 0 N–H and O–H groups in total. The molecule has 0 heterocycles. The van der Waals surface area contributed by atoms with E-state index in [-0.39, 0.29) is 0 Å². The van der Waals surface area contributed by atoms with Crippen molar-refractivity contribution in [2.75, 3.05) is 0 Å². The molecule has 0 aliphatic heterocycles. The predicted octanol–water partition coefficient (Wildman–Crippen LogP) is 8.09. The van der Waals surface area contributed by atoms with Crippen LogP contribution in [0.3, 0.4) is 0 Å². The van der Waals surface area contributed by atoms with E-state index in [1.807, 2.05) is 0 Å². The van der Waals surface area contributed by atoms with Crippen LogP contribution in [-0.2, 0) is 0 Å². The molecule has 0 amide bonds. The fraction of sp³-hybridized carbons (Fsp3) is 0.818. The summed E-state index contributed by atoms with van der Waals surface area (Å²) < 4.78 is 0. The molecule has 0 fully saturated rings. The predicted molar refractivity (Wildman–Crippen MR) is 103 cm³/mol. The number of unbranched alkanes of at least 4 members (excludes halogenated alkanes) is 4. The van der Waals surface area contributed by atoms with Crippen molar-refractivity contribution in [2.45, 2.75) is 105 Å². The standard InChI is InChI=1S/C22H42/c1-7-11-13-17-20(15-9-3)19-22(5,6)21(16-10-4)18-14-12-8-2/h9,18,20H,3,7-8,10-17,19H2,1-2,4-6H3. The summed E-state index contributed by atoms with van der Waals surface area (Å²) in [5.74, 6) is 0.811. The molecule has 0 spiro atoms. The molecule has 22 heavy (non-hydrogen) atoms. The molecule has 0 rings (SSSR count). The minimum atomic E-state index is 0.351. The first-order chi connectivity index (χ1) is 10.5. The van der Waals surface area contributed by atoms with Gasteiger partial charge < -0.3 is 0 Å². The van der Waals surface area contributed by atoms with Gasteiger partial charge in [-0.1, -0.05) is 97.3 Å². The van der Waals surface area contributed by atoms with Crippen LogP contribution in [0.1, 0.15) is 105 Å². The SMILES string of the molecule is C=CCC(CCCCC)CC(C)(C)C(=CCCCC)CCC. The van der Waals surface area contributed by atoms with Crippen molar-refractivity contribution in [3.05, 3.63) is 24.3 Å². The Morgan fingerprint density at radius 1 is 1.00 bits per heavy atom. The first-order valence-electron chi connectivity index (χ1n) is 9.82. The van der Waals surface area contributed by atoms with Gasteiger partial charge in [0, 0.05) is 0 Å². The van der Waals surface area contributed by atoms with E-state index in [4.69, 9.17) is 0 Å². The third kappa shape index (κ3) is 9.49. The lowest BCUT2D eigenvalue weighted by Crippen LogP contribution is -2.20. The minimum Gasteiger partial charge on any atom is -0.103 e. The van der Waals surface area contributed by atoms with Crippen molar-refractivity contribution in [3.8, 4) is 0 Å². The smallest absolute Gasteiger partial charge is 0.0142 e. The topological polar surface area (TPSA) is 0 Å². The molecule has 1 atom stereocenters. The quantitative estimate of drug-likeness (QED) is 0.225. The number of rotatable bonds is 14. The molecule has 0 aliphatic rings. The van der Waals surface area contributed by atoms with Gasteiger partial charge in [-0.25, -0.2) is 0 Å². The summed E-state index contributed by atoms with van der Waals surface area (Å²) in [4.78, 5) is 0. The van der Waals surface area contributed by atoms with Gasteiger partial charge in [-0.3, -0.25) is 0 Å². The highest BCUT2D eigenvalue weighted by Crippen LogP contribution is 2.39. The van der Waals surface area contributed by atoms with Crippen LogP contribution in [0.15, 0.2) is 24.3 Å². The number of hydrogen-bond acceptors (Lipinski definition) is 0. The summed E-state index contributed by atoms with van der Waals surface area (Å²) in [6, 6.07) is 0. The Bertz CT molecular complexity index is 295. The summed E-state index contributed by atoms with van der Waals surface area (Å²) in [5, 5.41) is 0. The Hall–Kier alpha value is -0.520. The second-order valence-electron chi connectivity index (χ2n) is 7.60. The van der Waals surface area contributed by atoms with E-state index in [0.717, 1.165) is 5.92 Å². The van der Waals surface area contributed by atoms with Crippen LogP contribution in [0.2, 0.25) is 0 Å². The molecule has 0 aromatic carbocycles. The van der Waals surface area contributed by atoms with Gasteiger partial charge in [0.15, 0.2) is 0 Å². The van der Waals surface area contributed by atoms with Crippen molar-refractivity contribution < 1.29 is 0 Å². The van der Waals surface area contributed by atoms with Gasteiger partial charge in [0.2, 0.25) is 0 Å². The third-order valence-corrected chi connectivity index (χ3v) is 4.85. The van der Waals surface area contributed by atoms with E-state index >= 15 is 0 Å². The van der Waals surface area contributed by atoms with Gasteiger partial charge >= 0.3 is 0 Å². The van der Waals surface area contributed by atoms with E-state index in [0.29, 0.717) is 5.41 Å². The first-order valence-corrected chi connectivity index (χ1v) is 9.82. The van der Waals surface area contributed by atoms with Crippen molar-refractivity contribution in [2.24, 2.45) is 11.3 Å². The highest BCUT2D eigenvalue weighted by Gasteiger charge is 2.26. The zero-order valence-corrected chi connectivity index (χ0v) is 16.2. The highest BCUT2D eigenvalue weighted by atomic mass is 14.3. The Morgan fingerprint density at radius 2 is 1.68 bits per heavy atom. The lowest BCUT2D eigenvalue weighted by atomic mass is 9.73. The number of hydrogen-bond donors (Lipinski definition) is 0. The Balaban J connectivity index is 4.78. The van der Waals surface area contributed by atoms with Gasteiger partial charge in [-0.2, -0.15) is 0 Å². The van der Waals surface area contributed by atoms with Crippen LogP contribution in [0, 0.1) is 11.3 Å². The molecule has 0 aromatic rings. The van der Waals surface area contributed by atoms with E-state index in [9.17, 15) is 0 Å². The zero-order valence-electron chi connectivity index (χ0n) is 16.2. The molecule has 1 unspecified atom stereocenters. The first kappa shape index (κ1) is 21.5. The molecular formula is C22H42. The van der Waals surface area contributed by atoms with Crippen LogP contribution >= 0.6 is 0 Å². The monoisotopic (exact) mass is 306 g/mol. The lowest BCUT2D eigenvalue weighted by molar-refractivity contribution is 0.289. The average Bonchev–Trinajstić information content (AvgIpc) is 2.46. The van der Waals surface area contributed by atoms with Crippen LogP contribution in [0.5, 0.6) is 0 Å². The summed E-state index contributed by atoms with van der Waals surface area (Å²) in [7, 11) is 0. The second-order valence-corrected chi connectivity index (χ2v) is 7.60. The summed E-state index contributed by atoms with van der Waals surface area (Å²) in [6.07, 6.45) is 19.1. The minimum absolute atomic E-state index is 0.351. The molecule has 0 saturated heterocycles. The lowest BCUT2D eigenvalue weighted by Gasteiger charge is -2.33. The van der Waals surface area contributed by atoms with Crippen molar-refractivity contribution in [1.29, 1.82) is 0 Å². The molecule has 0 radical (unpaired) electrons. The average molecular weight is 307 g/mol. The van der Waals surface area contributed by atoms with Crippen LogP contribution in [-0.4, -0.2) is 0 Å². The Labute approximate surface area is 141 Å². The summed E-state index contributed by atoms with van der Waals surface area (Å²) in [5.41, 5.74) is 2.05. The Kier molecular flexibility index (Phi) is 12.7. The largest absolute Gasteiger partial charge is 0.103 e. The normalized spacial score (nSPS) is 14.1. The molecule has 0 heteroatoms. The van der Waals surface area contributed by atoms with Gasteiger partial charge in [-0.15, -0.1) is 6.58 Å². The fourth-order valence-corrected chi connectivity index (χ4v) is 3.54. The van der Waals surface area contributed by atoms with Crippen molar-refractivity contribution in [1.82, 2.24) is 0 Å². The molecule has 0 aromatic heterocycles. The maximum atomic E-state index is 3.99. The van der Waals surface area contributed by atoms with Gasteiger partial charge in [-0.05, 0) is 37.0 Å². The van der Waals surface area contributed by atoms with Crippen LogP contribution < -0.4 is 0 Å². The van der Waals surface area contributed by atoms with Gasteiger partial charge in [0.05, 0.1) is 0 Å². The van der Waals surface area contributed by atoms with Gasteiger partial charge in [0.1, 0.15) is 0 Å². The Morgan fingerprint density at radius 3 is 2.23 bits per heavy atom. The second kappa shape index (κ2) is 13.0. The van der Waals surface area contributed by atoms with Gasteiger partial charge in [0.25, 0.3) is 0 Å². The summed E-state index contributed by atoms with van der Waals surface area (Å²) in [6.45, 7) is 15.8. The van der Waals surface area contributed by atoms with E-state index in [2.05, 4.69) is 53.3 Å². The van der Waals surface area contributed by atoms with Crippen molar-refractivity contribution in [3.63, 3.8) is 0 Å². The highest BCUT2D eigenvalue weighted by molar-refractivity contribution is 5.12. The van der Waals surface area contributed by atoms with Crippen molar-refractivity contribution >= 4 is 0 Å². The van der Waals surface area contributed by atoms with Crippen LogP contribution in [0.25, 0.3) is 0 Å². The number of allylic oxidation sites excluding steroid dienone is 3. The molecule has 0 aliphatic carbocycles. The molecule has 0 nitrogen and oxygen atoms in total. The van der Waals surface area contributed by atoms with E-state index in [1.165, 1.54) is 70.6 Å². The molecule has 0 bridgehead atoms. The maximum absolute atomic E-state index is 3.99. The maximum Gasteiger partial charge on any atom is -0.0142 e. The summed E-state index contributed by atoms with van der Waals surface area (Å²) >= 11 is 0. The van der Waals surface area contributed by atoms with Crippen LogP contribution in [0.4, 0.5) is 0 Å². The third-order valence-electron chi connectivity index (χ3n) is 4.85. The fourth-order valence-electron chi connectivity index (χ4n) is 3.54. The van der Waals surface area contributed by atoms with E-state index < -0.39 is 0 Å². The molecular weight excluding hydrogens is 264 g/mol. The molecule has 0 saturated carbocycles. The zero-order chi connectivity index (χ0) is 16.8. The molecule has 130 valence electrons. The van der Waals surface area contributed by atoms with E-state index in [1.54, 1.807) is 5.57 Å².